The highest BCUT2D eigenvalue weighted by atomic mass is 32.1. The molecule has 2 aliphatic rings. The number of likely N-dealkylation sites (tertiary alicyclic amines) is 1. The van der Waals surface area contributed by atoms with Crippen LogP contribution in [0, 0.1) is 6.92 Å². The summed E-state index contributed by atoms with van der Waals surface area (Å²) in [5.41, 5.74) is 4.82. The summed E-state index contributed by atoms with van der Waals surface area (Å²) in [6.45, 7) is 4.77. The molecule has 1 aliphatic carbocycles. The third kappa shape index (κ3) is 4.63. The molecule has 7 nitrogen and oxygen atoms in total. The average Bonchev–Trinajstić information content (AvgIpc) is 3.25. The third-order valence-corrected chi connectivity index (χ3v) is 7.65. The van der Waals surface area contributed by atoms with Gasteiger partial charge in [0.05, 0.1) is 28.0 Å². The Hall–Kier alpha value is -3.36. The molecular formula is C27H28N6OS. The monoisotopic (exact) mass is 484 g/mol. The second kappa shape index (κ2) is 9.36. The van der Waals surface area contributed by atoms with E-state index in [1.54, 1.807) is 22.2 Å². The number of aryl methyl sites for hydroxylation is 1. The molecular weight excluding hydrogens is 456 g/mol. The molecule has 0 radical (unpaired) electrons. The number of hydrogen-bond donors (Lipinski definition) is 1. The number of carbonyl (C=O) groups is 1. The smallest absolute Gasteiger partial charge is 0.255 e. The maximum Gasteiger partial charge on any atom is 0.255 e. The summed E-state index contributed by atoms with van der Waals surface area (Å²) in [5, 5.41) is 9.91. The van der Waals surface area contributed by atoms with Gasteiger partial charge in [-0.15, -0.1) is 11.3 Å². The Morgan fingerprint density at radius 1 is 1.11 bits per heavy atom. The van der Waals surface area contributed by atoms with Gasteiger partial charge in [0.1, 0.15) is 0 Å². The molecule has 1 aliphatic heterocycles. The van der Waals surface area contributed by atoms with Gasteiger partial charge in [-0.05, 0) is 48.8 Å². The standard InChI is InChI=1S/C27H28N6OS/c1-18-14-28-27(31-24(18)23-8-5-13-35-23)33-25(20-9-10-20)22(15-29-33)26(34)30-21-11-12-32(17-21)16-19-6-3-2-4-7-19/h2-8,13-15,20-21H,9-12,16-17H2,1H3,(H,30,34). The van der Waals surface area contributed by atoms with Crippen molar-refractivity contribution in [1.82, 2.24) is 30.0 Å². The molecule has 4 aromatic rings. The summed E-state index contributed by atoms with van der Waals surface area (Å²) in [6.07, 6.45) is 6.60. The SMILES string of the molecule is Cc1cnc(-n2ncc(C(=O)NC3CCN(Cc4ccccc4)C3)c2C2CC2)nc1-c1cccs1. The molecule has 1 saturated heterocycles. The Morgan fingerprint density at radius 3 is 2.74 bits per heavy atom. The minimum atomic E-state index is -0.0460. The summed E-state index contributed by atoms with van der Waals surface area (Å²) >= 11 is 1.66. The number of thiophene rings is 1. The summed E-state index contributed by atoms with van der Waals surface area (Å²) in [4.78, 5) is 26.3. The average molecular weight is 485 g/mol. The maximum absolute atomic E-state index is 13.3. The summed E-state index contributed by atoms with van der Waals surface area (Å²) in [6, 6.07) is 14.7. The van der Waals surface area contributed by atoms with Crippen LogP contribution in [0.15, 0.2) is 60.2 Å². The lowest BCUT2D eigenvalue weighted by Gasteiger charge is -2.17. The number of hydrogen-bond acceptors (Lipinski definition) is 6. The van der Waals surface area contributed by atoms with E-state index < -0.39 is 0 Å². The van der Waals surface area contributed by atoms with Gasteiger partial charge in [0, 0.05) is 37.8 Å². The number of aromatic nitrogens is 4. The van der Waals surface area contributed by atoms with E-state index in [0.717, 1.165) is 60.7 Å². The Morgan fingerprint density at radius 2 is 1.97 bits per heavy atom. The number of nitrogens with zero attached hydrogens (tertiary/aromatic N) is 5. The van der Waals surface area contributed by atoms with E-state index in [9.17, 15) is 4.79 Å². The number of rotatable bonds is 7. The Bertz CT molecular complexity index is 1330. The lowest BCUT2D eigenvalue weighted by molar-refractivity contribution is 0.0936. The zero-order valence-corrected chi connectivity index (χ0v) is 20.5. The number of amides is 1. The van der Waals surface area contributed by atoms with Crippen molar-refractivity contribution in [3.63, 3.8) is 0 Å². The van der Waals surface area contributed by atoms with Gasteiger partial charge < -0.3 is 5.32 Å². The molecule has 1 unspecified atom stereocenters. The van der Waals surface area contributed by atoms with Crippen LogP contribution < -0.4 is 5.32 Å². The summed E-state index contributed by atoms with van der Waals surface area (Å²) in [7, 11) is 0. The molecule has 3 aromatic heterocycles. The highest BCUT2D eigenvalue weighted by Gasteiger charge is 2.34. The van der Waals surface area contributed by atoms with Crippen molar-refractivity contribution < 1.29 is 4.79 Å². The van der Waals surface area contributed by atoms with Gasteiger partial charge in [-0.25, -0.2) is 14.6 Å². The van der Waals surface area contributed by atoms with Gasteiger partial charge in [-0.1, -0.05) is 36.4 Å². The Balaban J connectivity index is 1.21. The van der Waals surface area contributed by atoms with Gasteiger partial charge in [0.25, 0.3) is 11.9 Å². The zero-order valence-electron chi connectivity index (χ0n) is 19.7. The first-order valence-electron chi connectivity index (χ1n) is 12.2. The number of carbonyl (C=O) groups excluding carboxylic acids is 1. The van der Waals surface area contributed by atoms with E-state index in [1.165, 1.54) is 5.56 Å². The van der Waals surface area contributed by atoms with Crippen LogP contribution in [0.5, 0.6) is 0 Å². The molecule has 1 N–H and O–H groups in total. The fourth-order valence-corrected chi connectivity index (χ4v) is 5.62. The van der Waals surface area contributed by atoms with E-state index in [2.05, 4.69) is 50.6 Å². The van der Waals surface area contributed by atoms with E-state index in [0.29, 0.717) is 17.4 Å². The van der Waals surface area contributed by atoms with Gasteiger partial charge in [-0.3, -0.25) is 9.69 Å². The summed E-state index contributed by atoms with van der Waals surface area (Å²) < 4.78 is 1.78. The molecule has 1 saturated carbocycles. The van der Waals surface area contributed by atoms with Gasteiger partial charge >= 0.3 is 0 Å². The van der Waals surface area contributed by atoms with Crippen molar-refractivity contribution in [1.29, 1.82) is 0 Å². The Kier molecular flexibility index (Phi) is 5.91. The predicted molar refractivity (Wildman–Crippen MR) is 137 cm³/mol. The van der Waals surface area contributed by atoms with Crippen molar-refractivity contribution in [3.05, 3.63) is 82.6 Å². The molecule has 4 heterocycles. The summed E-state index contributed by atoms with van der Waals surface area (Å²) in [5.74, 6) is 0.802. The quantitative estimate of drug-likeness (QED) is 0.416. The maximum atomic E-state index is 13.3. The number of benzene rings is 1. The van der Waals surface area contributed by atoms with Gasteiger partial charge in [0.2, 0.25) is 0 Å². The second-order valence-corrected chi connectivity index (χ2v) is 10.4. The highest BCUT2D eigenvalue weighted by molar-refractivity contribution is 7.13. The molecule has 35 heavy (non-hydrogen) atoms. The van der Waals surface area contributed by atoms with Crippen LogP contribution in [0.3, 0.4) is 0 Å². The van der Waals surface area contributed by atoms with Gasteiger partial charge in [-0.2, -0.15) is 5.10 Å². The molecule has 8 heteroatoms. The lowest BCUT2D eigenvalue weighted by Crippen LogP contribution is -2.37. The molecule has 6 rings (SSSR count). The first-order chi connectivity index (χ1) is 17.2. The molecule has 178 valence electrons. The van der Waals surface area contributed by atoms with E-state index in [1.807, 2.05) is 30.6 Å². The lowest BCUT2D eigenvalue weighted by atomic mass is 10.1. The first kappa shape index (κ1) is 22.1. The molecule has 1 atom stereocenters. The van der Waals surface area contributed by atoms with Crippen LogP contribution in [0.2, 0.25) is 0 Å². The fourth-order valence-electron chi connectivity index (χ4n) is 4.84. The molecule has 1 amide bonds. The van der Waals surface area contributed by atoms with Crippen molar-refractivity contribution in [2.24, 2.45) is 0 Å². The molecule has 0 bridgehead atoms. The largest absolute Gasteiger partial charge is 0.348 e. The van der Waals surface area contributed by atoms with Crippen LogP contribution in [0.25, 0.3) is 16.5 Å². The van der Waals surface area contributed by atoms with Crippen LogP contribution in [-0.4, -0.2) is 49.7 Å². The Labute approximate surface area is 208 Å². The van der Waals surface area contributed by atoms with Gasteiger partial charge in [0.15, 0.2) is 0 Å². The van der Waals surface area contributed by atoms with E-state index in [4.69, 9.17) is 4.98 Å². The van der Waals surface area contributed by atoms with Crippen molar-refractivity contribution in [2.75, 3.05) is 13.1 Å². The molecule has 0 spiro atoms. The van der Waals surface area contributed by atoms with Crippen molar-refractivity contribution in [3.8, 4) is 16.5 Å². The van der Waals surface area contributed by atoms with Crippen LogP contribution >= 0.6 is 11.3 Å². The van der Waals surface area contributed by atoms with Crippen LogP contribution in [0.1, 0.15) is 52.4 Å². The van der Waals surface area contributed by atoms with Crippen LogP contribution in [-0.2, 0) is 6.54 Å². The molecule has 1 aromatic carbocycles. The van der Waals surface area contributed by atoms with Crippen molar-refractivity contribution >= 4 is 17.2 Å². The normalized spacial score (nSPS) is 18.1. The fraction of sp³-hybridized carbons (Fsp3) is 0.333. The highest BCUT2D eigenvalue weighted by Crippen LogP contribution is 2.42. The molecule has 2 fully saturated rings. The van der Waals surface area contributed by atoms with E-state index in [-0.39, 0.29) is 11.9 Å². The third-order valence-electron chi connectivity index (χ3n) is 6.77. The van der Waals surface area contributed by atoms with E-state index >= 15 is 0 Å². The minimum Gasteiger partial charge on any atom is -0.348 e. The number of nitrogens with one attached hydrogen (secondary N) is 1. The predicted octanol–water partition coefficient (Wildman–Crippen LogP) is 4.58. The minimum absolute atomic E-state index is 0.0460. The van der Waals surface area contributed by atoms with Crippen LogP contribution in [0.4, 0.5) is 0 Å². The first-order valence-corrected chi connectivity index (χ1v) is 13.1. The zero-order chi connectivity index (χ0) is 23.8. The van der Waals surface area contributed by atoms with Crippen molar-refractivity contribution in [2.45, 2.75) is 44.7 Å². The second-order valence-electron chi connectivity index (χ2n) is 9.49. The topological polar surface area (TPSA) is 75.9 Å².